The molecular formula is C16H35IN4O3S. The van der Waals surface area contributed by atoms with Crippen molar-refractivity contribution in [3.63, 3.8) is 0 Å². The number of halogens is 1. The van der Waals surface area contributed by atoms with Gasteiger partial charge in [-0.15, -0.1) is 24.0 Å². The molecule has 1 unspecified atom stereocenters. The van der Waals surface area contributed by atoms with E-state index >= 15 is 0 Å². The van der Waals surface area contributed by atoms with Crippen LogP contribution in [0.3, 0.4) is 0 Å². The third kappa shape index (κ3) is 12.0. The predicted molar refractivity (Wildman–Crippen MR) is 115 cm³/mol. The van der Waals surface area contributed by atoms with E-state index in [2.05, 4.69) is 34.4 Å². The van der Waals surface area contributed by atoms with E-state index in [4.69, 9.17) is 4.74 Å². The predicted octanol–water partition coefficient (Wildman–Crippen LogP) is 0.951. The van der Waals surface area contributed by atoms with Gasteiger partial charge in [-0.1, -0.05) is 13.8 Å². The first-order chi connectivity index (χ1) is 11.3. The molecule has 150 valence electrons. The fourth-order valence-electron chi connectivity index (χ4n) is 2.82. The van der Waals surface area contributed by atoms with Crippen molar-refractivity contribution in [2.24, 2.45) is 10.9 Å². The Morgan fingerprint density at radius 1 is 1.24 bits per heavy atom. The van der Waals surface area contributed by atoms with Crippen LogP contribution in [-0.2, 0) is 14.6 Å². The third-order valence-corrected chi connectivity index (χ3v) is 5.05. The van der Waals surface area contributed by atoms with Gasteiger partial charge in [0.1, 0.15) is 9.84 Å². The molecule has 1 aliphatic heterocycles. The van der Waals surface area contributed by atoms with Crippen LogP contribution in [0, 0.1) is 5.92 Å². The van der Waals surface area contributed by atoms with Crippen LogP contribution in [0.2, 0.25) is 0 Å². The van der Waals surface area contributed by atoms with Crippen LogP contribution in [-0.4, -0.2) is 83.8 Å². The molecule has 1 aliphatic rings. The third-order valence-electron chi connectivity index (χ3n) is 4.02. The fraction of sp³-hybridized carbons (Fsp3) is 0.938. The van der Waals surface area contributed by atoms with Crippen molar-refractivity contribution in [3.8, 4) is 0 Å². The molecule has 1 rings (SSSR count). The Morgan fingerprint density at radius 2 is 1.88 bits per heavy atom. The minimum Gasteiger partial charge on any atom is -0.379 e. The van der Waals surface area contributed by atoms with Gasteiger partial charge in [0.05, 0.1) is 19.0 Å². The lowest BCUT2D eigenvalue weighted by atomic mass is 10.0. The standard InChI is InChI=1S/C16H34N4O3S.HI/c1-14(2)12-15(20-7-9-23-10-8-20)13-19-16(17-3)18-6-5-11-24(4,21)22;/h14-15H,5-13H2,1-4H3,(H2,17,18,19);1H. The summed E-state index contributed by atoms with van der Waals surface area (Å²) in [4.78, 5) is 6.70. The summed E-state index contributed by atoms with van der Waals surface area (Å²) in [7, 11) is -1.17. The highest BCUT2D eigenvalue weighted by molar-refractivity contribution is 14.0. The number of nitrogens with zero attached hydrogens (tertiary/aromatic N) is 2. The van der Waals surface area contributed by atoms with Gasteiger partial charge in [-0.05, 0) is 18.8 Å². The zero-order valence-corrected chi connectivity index (χ0v) is 19.1. The average molecular weight is 490 g/mol. The maximum atomic E-state index is 11.1. The summed E-state index contributed by atoms with van der Waals surface area (Å²) in [5.41, 5.74) is 0. The van der Waals surface area contributed by atoms with Crippen LogP contribution in [0.4, 0.5) is 0 Å². The van der Waals surface area contributed by atoms with Gasteiger partial charge in [-0.2, -0.15) is 0 Å². The number of hydrogen-bond acceptors (Lipinski definition) is 5. The SMILES string of the molecule is CN=C(NCCCS(C)(=O)=O)NCC(CC(C)C)N1CCOCC1.I. The molecule has 0 amide bonds. The molecule has 1 fully saturated rings. The summed E-state index contributed by atoms with van der Waals surface area (Å²) in [6, 6.07) is 0.448. The summed E-state index contributed by atoms with van der Waals surface area (Å²) in [6.45, 7) is 9.44. The molecule has 0 spiro atoms. The van der Waals surface area contributed by atoms with Crippen LogP contribution in [0.15, 0.2) is 4.99 Å². The van der Waals surface area contributed by atoms with E-state index in [9.17, 15) is 8.42 Å². The molecule has 25 heavy (non-hydrogen) atoms. The summed E-state index contributed by atoms with van der Waals surface area (Å²) >= 11 is 0. The minimum absolute atomic E-state index is 0. The van der Waals surface area contributed by atoms with E-state index < -0.39 is 9.84 Å². The molecule has 0 aliphatic carbocycles. The maximum absolute atomic E-state index is 11.1. The maximum Gasteiger partial charge on any atom is 0.191 e. The molecule has 1 saturated heterocycles. The number of sulfone groups is 1. The number of ether oxygens (including phenoxy) is 1. The molecule has 2 N–H and O–H groups in total. The summed E-state index contributed by atoms with van der Waals surface area (Å²) in [5.74, 6) is 1.55. The molecule has 0 radical (unpaired) electrons. The van der Waals surface area contributed by atoms with E-state index in [1.807, 2.05) is 0 Å². The van der Waals surface area contributed by atoms with Gasteiger partial charge < -0.3 is 15.4 Å². The van der Waals surface area contributed by atoms with Gasteiger partial charge in [0.2, 0.25) is 0 Å². The van der Waals surface area contributed by atoms with Gasteiger partial charge in [-0.3, -0.25) is 9.89 Å². The molecule has 0 saturated carbocycles. The molecule has 0 aromatic heterocycles. The summed E-state index contributed by atoms with van der Waals surface area (Å²) < 4.78 is 27.7. The Labute approximate surface area is 170 Å². The zero-order valence-electron chi connectivity index (χ0n) is 16.0. The highest BCUT2D eigenvalue weighted by atomic mass is 127. The van der Waals surface area contributed by atoms with Crippen LogP contribution in [0.5, 0.6) is 0 Å². The van der Waals surface area contributed by atoms with Crippen molar-refractivity contribution >= 4 is 39.8 Å². The number of rotatable bonds is 9. The number of nitrogens with one attached hydrogen (secondary N) is 2. The van der Waals surface area contributed by atoms with Gasteiger partial charge in [0.25, 0.3) is 0 Å². The van der Waals surface area contributed by atoms with Crippen molar-refractivity contribution in [2.75, 3.05) is 58.4 Å². The second kappa shape index (κ2) is 13.1. The first kappa shape index (κ1) is 24.9. The van der Waals surface area contributed by atoms with Crippen molar-refractivity contribution in [2.45, 2.75) is 32.7 Å². The molecule has 7 nitrogen and oxygen atoms in total. The number of aliphatic imine (C=N–C) groups is 1. The van der Waals surface area contributed by atoms with Crippen LogP contribution in [0.25, 0.3) is 0 Å². The van der Waals surface area contributed by atoms with E-state index in [-0.39, 0.29) is 29.7 Å². The lowest BCUT2D eigenvalue weighted by Crippen LogP contribution is -2.51. The number of hydrogen-bond donors (Lipinski definition) is 2. The number of guanidine groups is 1. The molecule has 1 heterocycles. The van der Waals surface area contributed by atoms with E-state index in [0.29, 0.717) is 24.9 Å². The topological polar surface area (TPSA) is 83.0 Å². The van der Waals surface area contributed by atoms with Gasteiger partial charge >= 0.3 is 0 Å². The molecular weight excluding hydrogens is 455 g/mol. The molecule has 9 heteroatoms. The largest absolute Gasteiger partial charge is 0.379 e. The molecule has 0 aromatic carbocycles. The Bertz CT molecular complexity index is 480. The average Bonchev–Trinajstić information content (AvgIpc) is 2.52. The smallest absolute Gasteiger partial charge is 0.191 e. The molecule has 1 atom stereocenters. The lowest BCUT2D eigenvalue weighted by molar-refractivity contribution is 0.0132. The van der Waals surface area contributed by atoms with Gasteiger partial charge in [0, 0.05) is 45.5 Å². The van der Waals surface area contributed by atoms with E-state index in [0.717, 1.165) is 45.2 Å². The quantitative estimate of drug-likeness (QED) is 0.217. The second-order valence-electron chi connectivity index (χ2n) is 6.80. The Morgan fingerprint density at radius 3 is 2.40 bits per heavy atom. The second-order valence-corrected chi connectivity index (χ2v) is 9.05. The Kier molecular flexibility index (Phi) is 13.0. The van der Waals surface area contributed by atoms with Crippen LogP contribution in [0.1, 0.15) is 26.7 Å². The first-order valence-electron chi connectivity index (χ1n) is 8.76. The normalized spacial score (nSPS) is 17.9. The van der Waals surface area contributed by atoms with Crippen LogP contribution < -0.4 is 10.6 Å². The lowest BCUT2D eigenvalue weighted by Gasteiger charge is -2.35. The Hall–Kier alpha value is -0.130. The van der Waals surface area contributed by atoms with Crippen molar-refractivity contribution in [1.29, 1.82) is 0 Å². The van der Waals surface area contributed by atoms with Gasteiger partial charge in [-0.25, -0.2) is 8.42 Å². The minimum atomic E-state index is -2.90. The summed E-state index contributed by atoms with van der Waals surface area (Å²) in [6.07, 6.45) is 2.97. The Balaban J connectivity index is 0.00000576. The zero-order chi connectivity index (χ0) is 18.0. The van der Waals surface area contributed by atoms with E-state index in [1.54, 1.807) is 7.05 Å². The van der Waals surface area contributed by atoms with E-state index in [1.165, 1.54) is 6.26 Å². The molecule has 0 bridgehead atoms. The van der Waals surface area contributed by atoms with Crippen molar-refractivity contribution < 1.29 is 13.2 Å². The van der Waals surface area contributed by atoms with Crippen molar-refractivity contribution in [1.82, 2.24) is 15.5 Å². The monoisotopic (exact) mass is 490 g/mol. The highest BCUT2D eigenvalue weighted by Gasteiger charge is 2.22. The number of morpholine rings is 1. The highest BCUT2D eigenvalue weighted by Crippen LogP contribution is 2.12. The van der Waals surface area contributed by atoms with Crippen LogP contribution >= 0.6 is 24.0 Å². The fourth-order valence-corrected chi connectivity index (χ4v) is 3.49. The summed E-state index contributed by atoms with van der Waals surface area (Å²) in [5, 5.41) is 6.56. The molecule has 0 aromatic rings. The first-order valence-corrected chi connectivity index (χ1v) is 10.8. The van der Waals surface area contributed by atoms with Crippen molar-refractivity contribution in [3.05, 3.63) is 0 Å². The van der Waals surface area contributed by atoms with Gasteiger partial charge in [0.15, 0.2) is 5.96 Å².